The fourth-order valence-electron chi connectivity index (χ4n) is 2.37. The number of amides is 1. The lowest BCUT2D eigenvalue weighted by molar-refractivity contribution is -0.142. The van der Waals surface area contributed by atoms with E-state index in [-0.39, 0.29) is 16.2 Å². The lowest BCUT2D eigenvalue weighted by Gasteiger charge is -2.20. The van der Waals surface area contributed by atoms with Gasteiger partial charge in [0.25, 0.3) is 5.91 Å². The maximum Gasteiger partial charge on any atom is 0.313 e. The first-order valence-electron chi connectivity index (χ1n) is 8.06. The highest BCUT2D eigenvalue weighted by atomic mass is 32.2. The van der Waals surface area contributed by atoms with Crippen LogP contribution in [0, 0.1) is 0 Å². The second-order valence-electron chi connectivity index (χ2n) is 6.36. The number of benzene rings is 2. The Hall–Kier alpha value is -2.67. The fourth-order valence-corrected chi connectivity index (χ4v) is 3.47. The molecule has 7 heteroatoms. The predicted molar refractivity (Wildman–Crippen MR) is 99.2 cm³/mol. The monoisotopic (exact) mass is 375 g/mol. The van der Waals surface area contributed by atoms with Crippen molar-refractivity contribution in [2.75, 3.05) is 11.1 Å². The summed E-state index contributed by atoms with van der Waals surface area (Å²) in [4.78, 5) is 23.8. The van der Waals surface area contributed by atoms with Crippen LogP contribution < -0.4 is 5.32 Å². The average Bonchev–Trinajstić information content (AvgIpc) is 2.62. The van der Waals surface area contributed by atoms with Gasteiger partial charge < -0.3 is 10.4 Å². The average molecular weight is 375 g/mol. The van der Waals surface area contributed by atoms with Crippen LogP contribution in [-0.2, 0) is 20.0 Å². The van der Waals surface area contributed by atoms with E-state index in [1.807, 2.05) is 0 Å². The highest BCUT2D eigenvalue weighted by molar-refractivity contribution is 7.91. The Kier molecular flexibility index (Phi) is 5.51. The molecule has 138 valence electrons. The minimum absolute atomic E-state index is 0.0105. The molecule has 2 rings (SSSR count). The molecule has 1 amide bonds. The van der Waals surface area contributed by atoms with Crippen molar-refractivity contribution < 1.29 is 23.1 Å². The number of hydrogen-bond donors (Lipinski definition) is 2. The molecule has 0 unspecified atom stereocenters. The van der Waals surface area contributed by atoms with E-state index in [0.29, 0.717) is 11.3 Å². The van der Waals surface area contributed by atoms with E-state index in [1.165, 1.54) is 19.1 Å². The van der Waals surface area contributed by atoms with Gasteiger partial charge in [0.2, 0.25) is 0 Å². The molecule has 0 saturated carbocycles. The summed E-state index contributed by atoms with van der Waals surface area (Å²) in [7, 11) is -3.53. The first kappa shape index (κ1) is 19.7. The van der Waals surface area contributed by atoms with Gasteiger partial charge in [-0.2, -0.15) is 0 Å². The summed E-state index contributed by atoms with van der Waals surface area (Å²) >= 11 is 0. The molecule has 0 aliphatic carbocycles. The number of anilines is 1. The molecular weight excluding hydrogens is 354 g/mol. The molecular formula is C19H21NO5S. The van der Waals surface area contributed by atoms with Crippen LogP contribution in [0.15, 0.2) is 53.4 Å². The van der Waals surface area contributed by atoms with E-state index < -0.39 is 27.1 Å². The molecule has 0 atom stereocenters. The largest absolute Gasteiger partial charge is 0.481 e. The normalized spacial score (nSPS) is 11.8. The van der Waals surface area contributed by atoms with E-state index in [0.717, 1.165) is 0 Å². The van der Waals surface area contributed by atoms with Crippen molar-refractivity contribution >= 4 is 27.4 Å². The van der Waals surface area contributed by atoms with Crippen molar-refractivity contribution in [2.24, 2.45) is 0 Å². The Morgan fingerprint density at radius 1 is 1.04 bits per heavy atom. The number of carbonyl (C=O) groups is 2. The second-order valence-corrected chi connectivity index (χ2v) is 8.61. The molecule has 0 aromatic heterocycles. The summed E-state index contributed by atoms with van der Waals surface area (Å²) in [6.07, 6.45) is 0. The lowest BCUT2D eigenvalue weighted by atomic mass is 9.85. The Labute approximate surface area is 152 Å². The number of sulfone groups is 1. The third-order valence-corrected chi connectivity index (χ3v) is 6.03. The Morgan fingerprint density at radius 3 is 2.15 bits per heavy atom. The van der Waals surface area contributed by atoms with E-state index in [4.69, 9.17) is 0 Å². The van der Waals surface area contributed by atoms with Gasteiger partial charge in [-0.25, -0.2) is 8.42 Å². The van der Waals surface area contributed by atoms with Gasteiger partial charge in [-0.15, -0.1) is 0 Å². The summed E-state index contributed by atoms with van der Waals surface area (Å²) < 4.78 is 24.3. The molecule has 0 spiro atoms. The summed E-state index contributed by atoms with van der Waals surface area (Å²) in [6, 6.07) is 12.5. The van der Waals surface area contributed by atoms with E-state index in [1.54, 1.807) is 50.2 Å². The SMILES string of the molecule is CCS(=O)(=O)c1ccccc1C(=O)Nc1ccc(C(C)(C)C(=O)O)cc1. The van der Waals surface area contributed by atoms with Crippen LogP contribution in [0.1, 0.15) is 36.7 Å². The zero-order chi connectivity index (χ0) is 19.5. The Bertz CT molecular complexity index is 931. The van der Waals surface area contributed by atoms with Gasteiger partial charge in [0, 0.05) is 5.69 Å². The summed E-state index contributed by atoms with van der Waals surface area (Å²) in [5.74, 6) is -1.59. The van der Waals surface area contributed by atoms with Crippen molar-refractivity contribution in [3.63, 3.8) is 0 Å². The quantitative estimate of drug-likeness (QED) is 0.808. The molecule has 26 heavy (non-hydrogen) atoms. The first-order chi connectivity index (χ1) is 12.1. The van der Waals surface area contributed by atoms with Gasteiger partial charge in [-0.05, 0) is 43.7 Å². The van der Waals surface area contributed by atoms with Crippen molar-refractivity contribution in [3.8, 4) is 0 Å². The van der Waals surface area contributed by atoms with Crippen molar-refractivity contribution in [3.05, 3.63) is 59.7 Å². The van der Waals surface area contributed by atoms with Crippen molar-refractivity contribution in [1.82, 2.24) is 0 Å². The molecule has 0 fully saturated rings. The van der Waals surface area contributed by atoms with E-state index in [2.05, 4.69) is 5.32 Å². The van der Waals surface area contributed by atoms with Gasteiger partial charge in [0.05, 0.1) is 21.6 Å². The molecule has 2 aromatic carbocycles. The summed E-state index contributed by atoms with van der Waals surface area (Å²) in [5.41, 5.74) is 0.0644. The zero-order valence-corrected chi connectivity index (χ0v) is 15.6. The number of carbonyl (C=O) groups excluding carboxylic acids is 1. The third-order valence-electron chi connectivity index (χ3n) is 4.25. The molecule has 0 aliphatic heterocycles. The predicted octanol–water partition coefficient (Wildman–Crippen LogP) is 3.09. The molecule has 6 nitrogen and oxygen atoms in total. The van der Waals surface area contributed by atoms with Crippen molar-refractivity contribution in [2.45, 2.75) is 31.1 Å². The minimum Gasteiger partial charge on any atom is -0.481 e. The van der Waals surface area contributed by atoms with Crippen LogP contribution in [-0.4, -0.2) is 31.2 Å². The van der Waals surface area contributed by atoms with Crippen LogP contribution in [0.5, 0.6) is 0 Å². The smallest absolute Gasteiger partial charge is 0.313 e. The van der Waals surface area contributed by atoms with Crippen LogP contribution in [0.2, 0.25) is 0 Å². The topological polar surface area (TPSA) is 101 Å². The molecule has 0 saturated heterocycles. The van der Waals surface area contributed by atoms with Crippen LogP contribution in [0.25, 0.3) is 0 Å². The van der Waals surface area contributed by atoms with Crippen LogP contribution in [0.4, 0.5) is 5.69 Å². The van der Waals surface area contributed by atoms with Gasteiger partial charge >= 0.3 is 5.97 Å². The second kappa shape index (κ2) is 7.29. The Morgan fingerprint density at radius 2 is 1.62 bits per heavy atom. The number of rotatable bonds is 6. The highest BCUT2D eigenvalue weighted by Crippen LogP contribution is 2.25. The van der Waals surface area contributed by atoms with Crippen LogP contribution in [0.3, 0.4) is 0 Å². The molecule has 0 aliphatic rings. The fraction of sp³-hybridized carbons (Fsp3) is 0.263. The van der Waals surface area contributed by atoms with Gasteiger partial charge in [-0.1, -0.05) is 31.2 Å². The lowest BCUT2D eigenvalue weighted by Crippen LogP contribution is -2.28. The number of aliphatic carboxylic acids is 1. The number of hydrogen-bond acceptors (Lipinski definition) is 4. The van der Waals surface area contributed by atoms with Gasteiger partial charge in [0.1, 0.15) is 0 Å². The summed E-state index contributed by atoms with van der Waals surface area (Å²) in [6.45, 7) is 4.70. The number of nitrogens with one attached hydrogen (secondary N) is 1. The zero-order valence-electron chi connectivity index (χ0n) is 14.8. The maximum atomic E-state index is 12.5. The number of carboxylic acid groups (broad SMARTS) is 1. The van der Waals surface area contributed by atoms with Crippen molar-refractivity contribution in [1.29, 1.82) is 0 Å². The maximum absolute atomic E-state index is 12.5. The molecule has 0 bridgehead atoms. The van der Waals surface area contributed by atoms with Gasteiger partial charge in [0.15, 0.2) is 9.84 Å². The Balaban J connectivity index is 2.28. The van der Waals surface area contributed by atoms with E-state index >= 15 is 0 Å². The molecule has 0 radical (unpaired) electrons. The summed E-state index contributed by atoms with van der Waals surface area (Å²) in [5, 5.41) is 11.9. The highest BCUT2D eigenvalue weighted by Gasteiger charge is 2.29. The molecule has 2 N–H and O–H groups in total. The third kappa shape index (κ3) is 3.94. The molecule has 0 heterocycles. The van der Waals surface area contributed by atoms with Gasteiger partial charge in [-0.3, -0.25) is 9.59 Å². The standard InChI is InChI=1S/C19H21NO5S/c1-4-26(24,25)16-8-6-5-7-15(16)17(21)20-14-11-9-13(10-12-14)19(2,3)18(22)23/h5-12H,4H2,1-3H3,(H,20,21)(H,22,23). The van der Waals surface area contributed by atoms with E-state index in [9.17, 15) is 23.1 Å². The minimum atomic E-state index is -3.53. The first-order valence-corrected chi connectivity index (χ1v) is 9.72. The number of carboxylic acids is 1. The molecule has 2 aromatic rings. The van der Waals surface area contributed by atoms with Crippen LogP contribution >= 0.6 is 0 Å².